The number of thioether (sulfide) groups is 1. The number of thiophene rings is 1. The molecule has 0 spiro atoms. The summed E-state index contributed by atoms with van der Waals surface area (Å²) in [5, 5.41) is 16.2. The average Bonchev–Trinajstić information content (AvgIpc) is 3.45. The van der Waals surface area contributed by atoms with E-state index in [0.717, 1.165) is 10.1 Å². The Morgan fingerprint density at radius 3 is 2.47 bits per heavy atom. The number of para-hydroxylation sites is 1. The van der Waals surface area contributed by atoms with Crippen molar-refractivity contribution < 1.29 is 9.59 Å². The highest BCUT2D eigenvalue weighted by atomic mass is 32.2. The van der Waals surface area contributed by atoms with E-state index in [1.165, 1.54) is 16.2 Å². The second-order valence-corrected chi connectivity index (χ2v) is 9.29. The van der Waals surface area contributed by atoms with Crippen LogP contribution in [0.2, 0.25) is 0 Å². The third kappa shape index (κ3) is 5.12. The Hall–Kier alpha value is -3.01. The average molecular weight is 453 g/mol. The lowest BCUT2D eigenvalue weighted by atomic mass is 10.1. The third-order valence-corrected chi connectivity index (χ3v) is 7.08. The van der Waals surface area contributed by atoms with Gasteiger partial charge < -0.3 is 5.32 Å². The predicted molar refractivity (Wildman–Crippen MR) is 123 cm³/mol. The van der Waals surface area contributed by atoms with Crippen molar-refractivity contribution in [3.63, 3.8) is 0 Å². The van der Waals surface area contributed by atoms with Gasteiger partial charge in [-0.05, 0) is 35.7 Å². The summed E-state index contributed by atoms with van der Waals surface area (Å²) in [4.78, 5) is 26.5. The predicted octanol–water partition coefficient (Wildman–Crippen LogP) is 5.40. The maximum absolute atomic E-state index is 12.8. The van der Waals surface area contributed by atoms with Crippen molar-refractivity contribution in [2.45, 2.75) is 10.1 Å². The molecule has 4 aromatic rings. The summed E-state index contributed by atoms with van der Waals surface area (Å²) in [7, 11) is 0. The van der Waals surface area contributed by atoms with Gasteiger partial charge in [0.1, 0.15) is 0 Å². The summed E-state index contributed by atoms with van der Waals surface area (Å²) in [6.45, 7) is 0. The fraction of sp³-hybridized carbons (Fsp3) is 0.0476. The molecule has 6 nitrogen and oxygen atoms in total. The van der Waals surface area contributed by atoms with Crippen LogP contribution in [0.25, 0.3) is 0 Å². The molecule has 2 amide bonds. The second kappa shape index (κ2) is 9.66. The molecule has 0 bridgehead atoms. The van der Waals surface area contributed by atoms with E-state index in [9.17, 15) is 9.59 Å². The molecular weight excluding hydrogens is 436 g/mol. The number of rotatable bonds is 7. The molecule has 0 saturated heterocycles. The maximum atomic E-state index is 12.8. The van der Waals surface area contributed by atoms with Crippen LogP contribution in [0.3, 0.4) is 0 Å². The number of carbonyl (C=O) groups excluding carboxylic acids is 2. The first kappa shape index (κ1) is 20.3. The van der Waals surface area contributed by atoms with E-state index in [0.29, 0.717) is 21.9 Å². The zero-order valence-corrected chi connectivity index (χ0v) is 18.0. The molecule has 0 aliphatic heterocycles. The number of carbonyl (C=O) groups is 2. The fourth-order valence-corrected chi connectivity index (χ4v) is 5.11. The molecule has 2 aromatic carbocycles. The number of aromatic nitrogens is 2. The van der Waals surface area contributed by atoms with Crippen molar-refractivity contribution in [2.75, 3.05) is 10.6 Å². The maximum Gasteiger partial charge on any atom is 0.259 e. The molecule has 0 atom stereocenters. The van der Waals surface area contributed by atoms with Crippen molar-refractivity contribution in [2.24, 2.45) is 0 Å². The van der Waals surface area contributed by atoms with Crippen LogP contribution in [-0.2, 0) is 5.75 Å². The van der Waals surface area contributed by atoms with Crippen molar-refractivity contribution >= 4 is 57.1 Å². The highest BCUT2D eigenvalue weighted by Crippen LogP contribution is 2.30. The minimum absolute atomic E-state index is 0.279. The number of hydrogen-bond donors (Lipinski definition) is 2. The van der Waals surface area contributed by atoms with E-state index >= 15 is 0 Å². The van der Waals surface area contributed by atoms with E-state index in [2.05, 4.69) is 26.9 Å². The molecule has 0 unspecified atom stereocenters. The first-order valence-electron chi connectivity index (χ1n) is 8.94. The Bertz CT molecular complexity index is 1140. The van der Waals surface area contributed by atoms with Crippen LogP contribution in [0.15, 0.2) is 76.4 Å². The van der Waals surface area contributed by atoms with Crippen LogP contribution < -0.4 is 10.6 Å². The van der Waals surface area contributed by atoms with Crippen LogP contribution in [0.5, 0.6) is 0 Å². The Morgan fingerprint density at radius 1 is 0.867 bits per heavy atom. The molecule has 0 fully saturated rings. The van der Waals surface area contributed by atoms with Gasteiger partial charge in [0, 0.05) is 16.2 Å². The molecule has 150 valence electrons. The lowest BCUT2D eigenvalue weighted by Gasteiger charge is -2.10. The number of hydrogen-bond acceptors (Lipinski definition) is 7. The monoisotopic (exact) mass is 452 g/mol. The standard InChI is InChI=1S/C21H16N4O2S3/c26-18(14-7-2-1-3-8-14)22-17-11-5-4-10-16(17)19(27)23-20-24-25-21(30-20)29-13-15-9-6-12-28-15/h1-12H,13H2,(H,22,26)(H,23,24,27). The van der Waals surface area contributed by atoms with Gasteiger partial charge in [-0.15, -0.1) is 21.5 Å². The lowest BCUT2D eigenvalue weighted by Crippen LogP contribution is -2.18. The summed E-state index contributed by atoms with van der Waals surface area (Å²) < 4.78 is 0.782. The number of amides is 2. The molecule has 9 heteroatoms. The van der Waals surface area contributed by atoms with Crippen LogP contribution in [-0.4, -0.2) is 22.0 Å². The van der Waals surface area contributed by atoms with E-state index in [1.54, 1.807) is 71.6 Å². The quantitative estimate of drug-likeness (QED) is 0.290. The number of nitrogens with zero attached hydrogens (tertiary/aromatic N) is 2. The largest absolute Gasteiger partial charge is 0.321 e. The van der Waals surface area contributed by atoms with Gasteiger partial charge >= 0.3 is 0 Å². The zero-order chi connectivity index (χ0) is 20.8. The molecule has 2 aromatic heterocycles. The van der Waals surface area contributed by atoms with Gasteiger partial charge in [-0.25, -0.2) is 0 Å². The van der Waals surface area contributed by atoms with Gasteiger partial charge in [-0.1, -0.05) is 59.5 Å². The molecule has 0 aliphatic rings. The Balaban J connectivity index is 1.42. The third-order valence-electron chi connectivity index (χ3n) is 4.00. The molecule has 0 saturated carbocycles. The minimum atomic E-state index is -0.357. The van der Waals surface area contributed by atoms with Gasteiger partial charge in [-0.2, -0.15) is 0 Å². The molecular formula is C21H16N4O2S3. The van der Waals surface area contributed by atoms with Crippen molar-refractivity contribution in [1.82, 2.24) is 10.2 Å². The summed E-state index contributed by atoms with van der Waals surface area (Å²) in [6, 6.07) is 19.8. The van der Waals surface area contributed by atoms with Crippen molar-refractivity contribution in [3.05, 3.63) is 88.1 Å². The molecule has 4 rings (SSSR count). The topological polar surface area (TPSA) is 84.0 Å². The molecule has 2 heterocycles. The van der Waals surface area contributed by atoms with Gasteiger partial charge in [-0.3, -0.25) is 14.9 Å². The van der Waals surface area contributed by atoms with E-state index < -0.39 is 0 Å². The van der Waals surface area contributed by atoms with Crippen molar-refractivity contribution in [3.8, 4) is 0 Å². The van der Waals surface area contributed by atoms with Gasteiger partial charge in [0.05, 0.1) is 11.3 Å². The van der Waals surface area contributed by atoms with E-state index in [1.807, 2.05) is 17.5 Å². The van der Waals surface area contributed by atoms with Gasteiger partial charge in [0.25, 0.3) is 11.8 Å². The Kier molecular flexibility index (Phi) is 6.53. The molecule has 30 heavy (non-hydrogen) atoms. The number of anilines is 2. The number of nitrogens with one attached hydrogen (secondary N) is 2. The van der Waals surface area contributed by atoms with E-state index in [4.69, 9.17) is 0 Å². The minimum Gasteiger partial charge on any atom is -0.321 e. The smallest absolute Gasteiger partial charge is 0.259 e. The molecule has 0 aliphatic carbocycles. The Labute approximate surface area is 185 Å². The molecule has 0 radical (unpaired) electrons. The normalized spacial score (nSPS) is 10.5. The zero-order valence-electron chi connectivity index (χ0n) is 15.6. The highest BCUT2D eigenvalue weighted by molar-refractivity contribution is 8.00. The van der Waals surface area contributed by atoms with Gasteiger partial charge in [0.15, 0.2) is 4.34 Å². The first-order valence-corrected chi connectivity index (χ1v) is 11.6. The SMILES string of the molecule is O=C(Nc1ccccc1C(=O)Nc1nnc(SCc2cccs2)s1)c1ccccc1. The van der Waals surface area contributed by atoms with E-state index in [-0.39, 0.29) is 11.8 Å². The summed E-state index contributed by atoms with van der Waals surface area (Å²) in [6.07, 6.45) is 0. The molecule has 2 N–H and O–H groups in total. The van der Waals surface area contributed by atoms with Crippen LogP contribution >= 0.6 is 34.4 Å². The number of benzene rings is 2. The van der Waals surface area contributed by atoms with Crippen LogP contribution in [0, 0.1) is 0 Å². The second-order valence-electron chi connectivity index (χ2n) is 6.06. The fourth-order valence-electron chi connectivity index (χ4n) is 2.58. The lowest BCUT2D eigenvalue weighted by molar-refractivity contribution is 0.102. The highest BCUT2D eigenvalue weighted by Gasteiger charge is 2.16. The summed E-state index contributed by atoms with van der Waals surface area (Å²) >= 11 is 4.59. The summed E-state index contributed by atoms with van der Waals surface area (Å²) in [5.74, 6) is 0.179. The first-order chi connectivity index (χ1) is 14.7. The Morgan fingerprint density at radius 2 is 1.67 bits per heavy atom. The van der Waals surface area contributed by atoms with Crippen LogP contribution in [0.4, 0.5) is 10.8 Å². The summed E-state index contributed by atoms with van der Waals surface area (Å²) in [5.41, 5.74) is 1.30. The van der Waals surface area contributed by atoms with Crippen LogP contribution in [0.1, 0.15) is 25.6 Å². The van der Waals surface area contributed by atoms with Crippen molar-refractivity contribution in [1.29, 1.82) is 0 Å². The van der Waals surface area contributed by atoms with Gasteiger partial charge in [0.2, 0.25) is 5.13 Å².